The molecule has 0 saturated carbocycles. The van der Waals surface area contributed by atoms with E-state index in [9.17, 15) is 13.2 Å². The van der Waals surface area contributed by atoms with E-state index in [0.29, 0.717) is 0 Å². The van der Waals surface area contributed by atoms with E-state index in [2.05, 4.69) is 9.71 Å². The van der Waals surface area contributed by atoms with Gasteiger partial charge in [0.1, 0.15) is 4.21 Å². The number of nitrogens with zero attached hydrogens (tertiary/aromatic N) is 1. The molecular weight excluding hydrogens is 312 g/mol. The van der Waals surface area contributed by atoms with E-state index in [1.165, 1.54) is 23.8 Å². The van der Waals surface area contributed by atoms with E-state index >= 15 is 0 Å². The van der Waals surface area contributed by atoms with Crippen LogP contribution in [-0.4, -0.2) is 24.5 Å². The van der Waals surface area contributed by atoms with Crippen molar-refractivity contribution < 1.29 is 18.3 Å². The predicted octanol–water partition coefficient (Wildman–Crippen LogP) is 2.30. The van der Waals surface area contributed by atoms with E-state index in [1.54, 1.807) is 0 Å². The average molecular weight is 319 g/mol. The van der Waals surface area contributed by atoms with Crippen molar-refractivity contribution in [1.82, 2.24) is 4.98 Å². The van der Waals surface area contributed by atoms with Crippen molar-refractivity contribution in [2.75, 3.05) is 4.72 Å². The minimum atomic E-state index is -3.87. The first-order chi connectivity index (χ1) is 8.90. The fraction of sp³-hybridized carbons (Fsp3) is 0. The molecule has 9 heteroatoms. The lowest BCUT2D eigenvalue weighted by Crippen LogP contribution is -2.12. The maximum Gasteiger partial charge on any atom is 0.336 e. The van der Waals surface area contributed by atoms with Gasteiger partial charge in [0, 0.05) is 11.6 Å². The van der Waals surface area contributed by atoms with Crippen LogP contribution in [0.3, 0.4) is 0 Å². The molecule has 2 rings (SSSR count). The summed E-state index contributed by atoms with van der Waals surface area (Å²) in [4.78, 5) is 14.5. The van der Waals surface area contributed by atoms with Gasteiger partial charge in [0.25, 0.3) is 10.0 Å². The molecule has 19 heavy (non-hydrogen) atoms. The highest BCUT2D eigenvalue weighted by atomic mass is 35.5. The molecule has 0 aliphatic rings. The van der Waals surface area contributed by atoms with Crippen molar-refractivity contribution in [2.45, 2.75) is 4.21 Å². The number of carbonyl (C=O) groups is 1. The second-order valence-electron chi connectivity index (χ2n) is 3.42. The van der Waals surface area contributed by atoms with Gasteiger partial charge < -0.3 is 5.11 Å². The number of rotatable bonds is 4. The zero-order chi connectivity index (χ0) is 14.0. The quantitative estimate of drug-likeness (QED) is 0.901. The lowest BCUT2D eigenvalue weighted by molar-refractivity contribution is 0.0697. The topological polar surface area (TPSA) is 96.4 Å². The van der Waals surface area contributed by atoms with Crippen LogP contribution in [-0.2, 0) is 10.0 Å². The van der Waals surface area contributed by atoms with Crippen LogP contribution in [0.2, 0.25) is 5.02 Å². The summed E-state index contributed by atoms with van der Waals surface area (Å²) in [5.41, 5.74) is 0.0529. The van der Waals surface area contributed by atoms with Gasteiger partial charge >= 0.3 is 5.97 Å². The number of anilines is 1. The molecule has 2 aromatic heterocycles. The fourth-order valence-electron chi connectivity index (χ4n) is 1.22. The second kappa shape index (κ2) is 5.16. The number of aromatic nitrogens is 1. The van der Waals surface area contributed by atoms with E-state index < -0.39 is 16.0 Å². The van der Waals surface area contributed by atoms with Crippen LogP contribution in [0, 0.1) is 0 Å². The Morgan fingerprint density at radius 1 is 1.47 bits per heavy atom. The second-order valence-corrected chi connectivity index (χ2v) is 6.65. The molecule has 100 valence electrons. The van der Waals surface area contributed by atoms with E-state index in [1.807, 2.05) is 0 Å². The molecule has 2 heterocycles. The molecule has 0 aliphatic carbocycles. The SMILES string of the molecule is O=C(O)c1csc(S(=O)(=O)Nc2cnccc2Cl)c1. The third-order valence-electron chi connectivity index (χ3n) is 2.10. The molecule has 0 unspecified atom stereocenters. The molecule has 0 spiro atoms. The average Bonchev–Trinajstić information content (AvgIpc) is 2.82. The number of hydrogen-bond donors (Lipinski definition) is 2. The van der Waals surface area contributed by atoms with E-state index in [0.717, 1.165) is 17.4 Å². The standard InChI is InChI=1S/C10H7ClN2O4S2/c11-7-1-2-12-4-8(7)13-19(16,17)9-3-6(5-18-9)10(14)15/h1-5,13H,(H,14,15). The van der Waals surface area contributed by atoms with Crippen molar-refractivity contribution in [2.24, 2.45) is 0 Å². The normalized spacial score (nSPS) is 11.2. The summed E-state index contributed by atoms with van der Waals surface area (Å²) in [5.74, 6) is -1.18. The van der Waals surface area contributed by atoms with Crippen LogP contribution in [0.25, 0.3) is 0 Å². The highest BCUT2D eigenvalue weighted by Crippen LogP contribution is 2.26. The van der Waals surface area contributed by atoms with Gasteiger partial charge in [-0.2, -0.15) is 0 Å². The van der Waals surface area contributed by atoms with Crippen molar-refractivity contribution in [1.29, 1.82) is 0 Å². The molecule has 0 aliphatic heterocycles. The molecule has 2 N–H and O–H groups in total. The molecule has 0 fully saturated rings. The Kier molecular flexibility index (Phi) is 3.74. The van der Waals surface area contributed by atoms with Gasteiger partial charge in [0.15, 0.2) is 0 Å². The Labute approximate surface area is 117 Å². The summed E-state index contributed by atoms with van der Waals surface area (Å²) in [6.45, 7) is 0. The number of sulfonamides is 1. The van der Waals surface area contributed by atoms with Crippen LogP contribution in [0.15, 0.2) is 34.1 Å². The van der Waals surface area contributed by atoms with Crippen molar-refractivity contribution >= 4 is 44.6 Å². The number of carboxylic acid groups (broad SMARTS) is 1. The van der Waals surface area contributed by atoms with Gasteiger partial charge in [0.2, 0.25) is 0 Å². The molecule has 0 atom stereocenters. The summed E-state index contributed by atoms with van der Waals surface area (Å²) in [6, 6.07) is 2.52. The van der Waals surface area contributed by atoms with Gasteiger partial charge in [-0.25, -0.2) is 13.2 Å². The number of thiophene rings is 1. The van der Waals surface area contributed by atoms with E-state index in [-0.39, 0.29) is 20.5 Å². The summed E-state index contributed by atoms with van der Waals surface area (Å²) >= 11 is 6.63. The Morgan fingerprint density at radius 3 is 2.79 bits per heavy atom. The Bertz CT molecular complexity index is 727. The number of nitrogens with one attached hydrogen (secondary N) is 1. The third-order valence-corrected chi connectivity index (χ3v) is 5.23. The van der Waals surface area contributed by atoms with Crippen LogP contribution >= 0.6 is 22.9 Å². The molecule has 6 nitrogen and oxygen atoms in total. The molecule has 0 aromatic carbocycles. The minimum absolute atomic E-state index is 0.0809. The van der Waals surface area contributed by atoms with Crippen molar-refractivity contribution in [3.05, 3.63) is 40.5 Å². The van der Waals surface area contributed by atoms with Crippen LogP contribution in [0.4, 0.5) is 5.69 Å². The number of aromatic carboxylic acids is 1. The van der Waals surface area contributed by atoms with Crippen molar-refractivity contribution in [3.8, 4) is 0 Å². The first-order valence-corrected chi connectivity index (χ1v) is 7.58. The number of hydrogen-bond acceptors (Lipinski definition) is 5. The van der Waals surface area contributed by atoms with Gasteiger partial charge in [0.05, 0.1) is 22.5 Å². The lowest BCUT2D eigenvalue weighted by atomic mass is 10.4. The number of halogens is 1. The first-order valence-electron chi connectivity index (χ1n) is 4.84. The number of pyridine rings is 1. The summed E-state index contributed by atoms with van der Waals surface area (Å²) < 4.78 is 26.2. The van der Waals surface area contributed by atoms with Gasteiger partial charge in [-0.3, -0.25) is 9.71 Å². The zero-order valence-electron chi connectivity index (χ0n) is 9.20. The maximum atomic E-state index is 12.0. The van der Waals surface area contributed by atoms with Gasteiger partial charge in [-0.05, 0) is 12.1 Å². The van der Waals surface area contributed by atoms with Gasteiger partial charge in [-0.15, -0.1) is 11.3 Å². The van der Waals surface area contributed by atoms with Crippen LogP contribution in [0.1, 0.15) is 10.4 Å². The fourth-order valence-corrected chi connectivity index (χ4v) is 3.64. The van der Waals surface area contributed by atoms with E-state index in [4.69, 9.17) is 16.7 Å². The Hall–Kier alpha value is -1.64. The summed E-state index contributed by atoms with van der Waals surface area (Å²) in [5, 5.41) is 10.2. The lowest BCUT2D eigenvalue weighted by Gasteiger charge is -2.06. The summed E-state index contributed by atoms with van der Waals surface area (Å²) in [6.07, 6.45) is 2.69. The Morgan fingerprint density at radius 2 is 2.21 bits per heavy atom. The highest BCUT2D eigenvalue weighted by Gasteiger charge is 2.20. The molecule has 2 aromatic rings. The molecule has 0 amide bonds. The zero-order valence-corrected chi connectivity index (χ0v) is 11.6. The predicted molar refractivity (Wildman–Crippen MR) is 71.3 cm³/mol. The summed E-state index contributed by atoms with van der Waals surface area (Å²) in [7, 11) is -3.87. The van der Waals surface area contributed by atoms with Crippen LogP contribution < -0.4 is 4.72 Å². The molecule has 0 saturated heterocycles. The molecule has 0 bridgehead atoms. The minimum Gasteiger partial charge on any atom is -0.478 e. The molecule has 0 radical (unpaired) electrons. The first kappa shape index (κ1) is 13.8. The van der Waals surface area contributed by atoms with Crippen LogP contribution in [0.5, 0.6) is 0 Å². The molecular formula is C10H7ClN2O4S2. The largest absolute Gasteiger partial charge is 0.478 e. The Balaban J connectivity index is 2.32. The highest BCUT2D eigenvalue weighted by molar-refractivity contribution is 7.94. The smallest absolute Gasteiger partial charge is 0.336 e. The van der Waals surface area contributed by atoms with Gasteiger partial charge in [-0.1, -0.05) is 11.6 Å². The maximum absolute atomic E-state index is 12.0. The monoisotopic (exact) mass is 318 g/mol. The van der Waals surface area contributed by atoms with Crippen molar-refractivity contribution in [3.63, 3.8) is 0 Å². The number of carboxylic acids is 1. The third kappa shape index (κ3) is 3.03.